The average Bonchev–Trinajstić information content (AvgIpc) is 2.43. The number of benzene rings is 1. The third kappa shape index (κ3) is 2.41. The van der Waals surface area contributed by atoms with E-state index in [1.165, 1.54) is 6.20 Å². The molecule has 1 aromatic carbocycles. The number of fused-ring (bicyclic) bond motifs is 1. The predicted molar refractivity (Wildman–Crippen MR) is 73.3 cm³/mol. The summed E-state index contributed by atoms with van der Waals surface area (Å²) in [5.74, 6) is 0.761. The lowest BCUT2D eigenvalue weighted by atomic mass is 10.2. The molecular formula is C13H9ClN4O. The molecule has 0 saturated carbocycles. The zero-order chi connectivity index (χ0) is 13.2. The van der Waals surface area contributed by atoms with Gasteiger partial charge >= 0.3 is 0 Å². The zero-order valence-corrected chi connectivity index (χ0v) is 10.5. The maximum Gasteiger partial charge on any atom is 0.247 e. The van der Waals surface area contributed by atoms with Crippen LogP contribution in [-0.4, -0.2) is 15.0 Å². The maximum atomic E-state index is 5.72. The first kappa shape index (κ1) is 11.7. The van der Waals surface area contributed by atoms with Gasteiger partial charge in [-0.25, -0.2) is 4.98 Å². The van der Waals surface area contributed by atoms with Crippen LogP contribution in [0.1, 0.15) is 0 Å². The van der Waals surface area contributed by atoms with Crippen LogP contribution in [-0.2, 0) is 0 Å². The third-order valence-electron chi connectivity index (χ3n) is 2.53. The van der Waals surface area contributed by atoms with E-state index in [1.807, 2.05) is 30.3 Å². The molecule has 0 saturated heterocycles. The van der Waals surface area contributed by atoms with E-state index in [9.17, 15) is 0 Å². The number of halogens is 1. The number of rotatable bonds is 2. The molecule has 0 unspecified atom stereocenters. The number of nitrogen functional groups attached to an aromatic ring is 1. The van der Waals surface area contributed by atoms with Crippen molar-refractivity contribution in [2.45, 2.75) is 0 Å². The second kappa shape index (κ2) is 4.70. The first-order valence-corrected chi connectivity index (χ1v) is 5.91. The molecule has 19 heavy (non-hydrogen) atoms. The van der Waals surface area contributed by atoms with E-state index in [0.29, 0.717) is 11.4 Å². The van der Waals surface area contributed by atoms with Gasteiger partial charge in [0.05, 0.1) is 17.9 Å². The van der Waals surface area contributed by atoms with Gasteiger partial charge in [0.25, 0.3) is 0 Å². The van der Waals surface area contributed by atoms with Gasteiger partial charge in [0.2, 0.25) is 11.2 Å². The summed E-state index contributed by atoms with van der Waals surface area (Å²) in [6.07, 6.45) is 3.01. The van der Waals surface area contributed by atoms with Gasteiger partial charge in [0.1, 0.15) is 11.4 Å². The Labute approximate surface area is 114 Å². The van der Waals surface area contributed by atoms with Crippen molar-refractivity contribution in [3.63, 3.8) is 0 Å². The van der Waals surface area contributed by atoms with Crippen molar-refractivity contribution in [3.05, 3.63) is 48.0 Å². The van der Waals surface area contributed by atoms with Crippen molar-refractivity contribution in [1.82, 2.24) is 15.0 Å². The zero-order valence-electron chi connectivity index (χ0n) is 9.75. The fourth-order valence-electron chi connectivity index (χ4n) is 1.66. The fourth-order valence-corrected chi connectivity index (χ4v) is 1.78. The molecular weight excluding hydrogens is 264 g/mol. The van der Waals surface area contributed by atoms with Gasteiger partial charge in [-0.2, -0.15) is 4.98 Å². The highest BCUT2D eigenvalue weighted by Crippen LogP contribution is 2.26. The van der Waals surface area contributed by atoms with E-state index in [4.69, 9.17) is 22.1 Å². The van der Waals surface area contributed by atoms with Crippen LogP contribution >= 0.6 is 11.6 Å². The van der Waals surface area contributed by atoms with E-state index in [-0.39, 0.29) is 11.2 Å². The van der Waals surface area contributed by atoms with Gasteiger partial charge in [-0.3, -0.25) is 4.98 Å². The van der Waals surface area contributed by atoms with Gasteiger partial charge in [0.15, 0.2) is 0 Å². The largest absolute Gasteiger partial charge is 0.435 e. The average molecular weight is 273 g/mol. The Balaban J connectivity index is 1.98. The van der Waals surface area contributed by atoms with Gasteiger partial charge in [0, 0.05) is 5.39 Å². The molecule has 94 valence electrons. The number of anilines is 1. The minimum Gasteiger partial charge on any atom is -0.435 e. The van der Waals surface area contributed by atoms with E-state index >= 15 is 0 Å². The minimum atomic E-state index is 0.0814. The second-order valence-corrected chi connectivity index (χ2v) is 4.20. The summed E-state index contributed by atoms with van der Waals surface area (Å²) in [7, 11) is 0. The lowest BCUT2D eigenvalue weighted by molar-refractivity contribution is 0.463. The Morgan fingerprint density at radius 3 is 2.84 bits per heavy atom. The molecule has 0 aliphatic carbocycles. The van der Waals surface area contributed by atoms with Crippen molar-refractivity contribution in [3.8, 4) is 11.6 Å². The second-order valence-electron chi connectivity index (χ2n) is 3.87. The van der Waals surface area contributed by atoms with Crippen LogP contribution in [0.5, 0.6) is 11.6 Å². The summed E-state index contributed by atoms with van der Waals surface area (Å²) in [5.41, 5.74) is 6.93. The number of hydrogen-bond acceptors (Lipinski definition) is 5. The Kier molecular flexibility index (Phi) is 2.89. The molecule has 0 radical (unpaired) electrons. The topological polar surface area (TPSA) is 73.9 Å². The smallest absolute Gasteiger partial charge is 0.247 e. The van der Waals surface area contributed by atoms with Crippen LogP contribution in [0, 0.1) is 0 Å². The molecule has 0 fully saturated rings. The van der Waals surface area contributed by atoms with Crippen LogP contribution in [0.25, 0.3) is 10.9 Å². The molecule has 0 spiro atoms. The molecule has 0 aliphatic heterocycles. The molecule has 0 amide bonds. The summed E-state index contributed by atoms with van der Waals surface area (Å²) in [6.45, 7) is 0. The first-order valence-electron chi connectivity index (χ1n) is 5.53. The van der Waals surface area contributed by atoms with E-state index in [2.05, 4.69) is 15.0 Å². The quantitative estimate of drug-likeness (QED) is 0.726. The maximum absolute atomic E-state index is 5.72. The Bertz CT molecular complexity index is 748. The SMILES string of the molecule is Nc1cnc(Cl)nc1Oc1cnc2ccccc2c1. The van der Waals surface area contributed by atoms with Crippen LogP contribution in [0.15, 0.2) is 42.7 Å². The summed E-state index contributed by atoms with van der Waals surface area (Å²) in [5, 5.41) is 1.05. The molecule has 0 bridgehead atoms. The van der Waals surface area contributed by atoms with Crippen LogP contribution in [0.3, 0.4) is 0 Å². The monoisotopic (exact) mass is 272 g/mol. The van der Waals surface area contributed by atoms with Crippen molar-refractivity contribution in [1.29, 1.82) is 0 Å². The number of hydrogen-bond donors (Lipinski definition) is 1. The summed E-state index contributed by atoms with van der Waals surface area (Å²) in [6, 6.07) is 9.60. The van der Waals surface area contributed by atoms with Gasteiger partial charge in [-0.05, 0) is 23.7 Å². The normalized spacial score (nSPS) is 10.6. The van der Waals surface area contributed by atoms with Crippen molar-refractivity contribution < 1.29 is 4.74 Å². The number of pyridine rings is 1. The standard InChI is InChI=1S/C13H9ClN4O/c14-13-17-7-10(15)12(18-13)19-9-5-8-3-1-2-4-11(8)16-6-9/h1-7H,15H2. The Morgan fingerprint density at radius 2 is 1.95 bits per heavy atom. The lowest BCUT2D eigenvalue weighted by Crippen LogP contribution is -1.97. The molecule has 6 heteroatoms. The molecule has 2 aromatic heterocycles. The van der Waals surface area contributed by atoms with Crippen LogP contribution in [0.2, 0.25) is 5.28 Å². The van der Waals surface area contributed by atoms with Gasteiger partial charge in [-0.1, -0.05) is 18.2 Å². The van der Waals surface area contributed by atoms with E-state index in [1.54, 1.807) is 6.20 Å². The summed E-state index contributed by atoms with van der Waals surface area (Å²) < 4.78 is 5.58. The lowest BCUT2D eigenvalue weighted by Gasteiger charge is -2.07. The highest BCUT2D eigenvalue weighted by atomic mass is 35.5. The molecule has 2 heterocycles. The summed E-state index contributed by atoms with van der Waals surface area (Å²) in [4.78, 5) is 12.0. The molecule has 3 aromatic rings. The van der Waals surface area contributed by atoms with Gasteiger partial charge < -0.3 is 10.5 Å². The van der Waals surface area contributed by atoms with Crippen molar-refractivity contribution in [2.24, 2.45) is 0 Å². The van der Waals surface area contributed by atoms with Crippen LogP contribution < -0.4 is 10.5 Å². The van der Waals surface area contributed by atoms with Gasteiger partial charge in [-0.15, -0.1) is 0 Å². The predicted octanol–water partition coefficient (Wildman–Crippen LogP) is 3.05. The number of aromatic nitrogens is 3. The molecule has 3 rings (SSSR count). The number of nitrogens with zero attached hydrogens (tertiary/aromatic N) is 3. The van der Waals surface area contributed by atoms with Crippen LogP contribution in [0.4, 0.5) is 5.69 Å². The summed E-state index contributed by atoms with van der Waals surface area (Å²) >= 11 is 5.70. The van der Waals surface area contributed by atoms with Crippen molar-refractivity contribution >= 4 is 28.2 Å². The van der Waals surface area contributed by atoms with E-state index in [0.717, 1.165) is 10.9 Å². The highest BCUT2D eigenvalue weighted by Gasteiger charge is 2.07. The minimum absolute atomic E-state index is 0.0814. The third-order valence-corrected chi connectivity index (χ3v) is 2.71. The Hall–Kier alpha value is -2.40. The molecule has 0 aliphatic rings. The Morgan fingerprint density at radius 1 is 1.11 bits per heavy atom. The first-order chi connectivity index (χ1) is 9.22. The molecule has 2 N–H and O–H groups in total. The van der Waals surface area contributed by atoms with Crippen molar-refractivity contribution in [2.75, 3.05) is 5.73 Å². The van der Waals surface area contributed by atoms with E-state index < -0.39 is 0 Å². The number of ether oxygens (including phenoxy) is 1. The number of nitrogens with two attached hydrogens (primary N) is 1. The fraction of sp³-hybridized carbons (Fsp3) is 0. The molecule has 5 nitrogen and oxygen atoms in total. The number of para-hydroxylation sites is 1. The molecule has 0 atom stereocenters. The highest BCUT2D eigenvalue weighted by molar-refractivity contribution is 6.28.